The Bertz CT molecular complexity index is 334. The first-order chi connectivity index (χ1) is 7.16. The number of nitrogens with zero attached hydrogens (tertiary/aromatic N) is 1. The molecule has 84 valence electrons. The molecule has 15 heavy (non-hydrogen) atoms. The SMILES string of the molecule is CNC1(c2nc(C)cs2)CCCC(C)C1. The van der Waals surface area contributed by atoms with Gasteiger partial charge in [-0.05, 0) is 32.7 Å². The van der Waals surface area contributed by atoms with Gasteiger partial charge in [0.15, 0.2) is 0 Å². The van der Waals surface area contributed by atoms with Crippen LogP contribution in [0.25, 0.3) is 0 Å². The van der Waals surface area contributed by atoms with Gasteiger partial charge in [-0.1, -0.05) is 19.8 Å². The fourth-order valence-corrected chi connectivity index (χ4v) is 3.70. The van der Waals surface area contributed by atoms with Crippen LogP contribution in [0.15, 0.2) is 5.38 Å². The Morgan fingerprint density at radius 3 is 2.93 bits per heavy atom. The number of hydrogen-bond acceptors (Lipinski definition) is 3. The van der Waals surface area contributed by atoms with Crippen molar-refractivity contribution < 1.29 is 0 Å². The normalized spacial score (nSPS) is 31.8. The lowest BCUT2D eigenvalue weighted by Gasteiger charge is -2.38. The number of aryl methyl sites for hydroxylation is 1. The van der Waals surface area contributed by atoms with Crippen molar-refractivity contribution in [2.45, 2.75) is 45.1 Å². The highest BCUT2D eigenvalue weighted by molar-refractivity contribution is 7.09. The molecule has 1 aromatic rings. The smallest absolute Gasteiger partial charge is 0.113 e. The molecule has 1 fully saturated rings. The van der Waals surface area contributed by atoms with Gasteiger partial charge in [0, 0.05) is 11.1 Å². The molecule has 0 spiro atoms. The molecule has 0 radical (unpaired) electrons. The third-order valence-electron chi connectivity index (χ3n) is 3.50. The topological polar surface area (TPSA) is 24.9 Å². The minimum absolute atomic E-state index is 0.163. The quantitative estimate of drug-likeness (QED) is 0.835. The Kier molecular flexibility index (Phi) is 3.12. The second-order valence-corrected chi connectivity index (χ2v) is 5.69. The lowest BCUT2D eigenvalue weighted by atomic mass is 9.77. The zero-order valence-electron chi connectivity index (χ0n) is 9.84. The first-order valence-electron chi connectivity index (χ1n) is 5.78. The van der Waals surface area contributed by atoms with Gasteiger partial charge >= 0.3 is 0 Å². The van der Waals surface area contributed by atoms with E-state index >= 15 is 0 Å². The van der Waals surface area contributed by atoms with Crippen molar-refractivity contribution >= 4 is 11.3 Å². The maximum absolute atomic E-state index is 4.67. The van der Waals surface area contributed by atoms with E-state index < -0.39 is 0 Å². The van der Waals surface area contributed by atoms with Gasteiger partial charge in [-0.25, -0.2) is 4.98 Å². The predicted molar refractivity (Wildman–Crippen MR) is 65.2 cm³/mol. The monoisotopic (exact) mass is 224 g/mol. The molecule has 1 saturated carbocycles. The van der Waals surface area contributed by atoms with Crippen LogP contribution in [-0.2, 0) is 5.54 Å². The van der Waals surface area contributed by atoms with Crippen LogP contribution in [-0.4, -0.2) is 12.0 Å². The molecule has 1 aliphatic carbocycles. The van der Waals surface area contributed by atoms with E-state index in [0.29, 0.717) is 0 Å². The van der Waals surface area contributed by atoms with E-state index in [9.17, 15) is 0 Å². The molecule has 1 N–H and O–H groups in total. The van der Waals surface area contributed by atoms with Crippen molar-refractivity contribution in [2.24, 2.45) is 5.92 Å². The predicted octanol–water partition coefficient (Wildman–Crippen LogP) is 3.08. The molecule has 3 heteroatoms. The summed E-state index contributed by atoms with van der Waals surface area (Å²) in [5.74, 6) is 0.815. The average Bonchev–Trinajstić information content (AvgIpc) is 2.65. The largest absolute Gasteiger partial charge is 0.308 e. The van der Waals surface area contributed by atoms with E-state index in [1.165, 1.54) is 30.7 Å². The van der Waals surface area contributed by atoms with Gasteiger partial charge in [-0.3, -0.25) is 0 Å². The lowest BCUT2D eigenvalue weighted by molar-refractivity contribution is 0.199. The molecule has 1 heterocycles. The standard InChI is InChI=1S/C12H20N2S/c1-9-5-4-6-12(7-9,13-3)11-14-10(2)8-15-11/h8-9,13H,4-7H2,1-3H3. The number of hydrogen-bond donors (Lipinski definition) is 1. The van der Waals surface area contributed by atoms with Gasteiger partial charge in [0.25, 0.3) is 0 Å². The van der Waals surface area contributed by atoms with Crippen LogP contribution in [0.4, 0.5) is 0 Å². The van der Waals surface area contributed by atoms with E-state index in [1.807, 2.05) is 11.3 Å². The first kappa shape index (κ1) is 11.1. The Balaban J connectivity index is 2.27. The number of rotatable bonds is 2. The maximum Gasteiger partial charge on any atom is 0.113 e. The van der Waals surface area contributed by atoms with E-state index in [-0.39, 0.29) is 5.54 Å². The molecule has 0 bridgehead atoms. The van der Waals surface area contributed by atoms with E-state index in [2.05, 4.69) is 36.6 Å². The fraction of sp³-hybridized carbons (Fsp3) is 0.750. The van der Waals surface area contributed by atoms with Crippen molar-refractivity contribution in [3.8, 4) is 0 Å². The highest BCUT2D eigenvalue weighted by Crippen LogP contribution is 2.40. The highest BCUT2D eigenvalue weighted by atomic mass is 32.1. The lowest BCUT2D eigenvalue weighted by Crippen LogP contribution is -2.43. The molecule has 2 rings (SSSR count). The third kappa shape index (κ3) is 2.08. The summed E-state index contributed by atoms with van der Waals surface area (Å²) in [7, 11) is 2.08. The maximum atomic E-state index is 4.67. The first-order valence-corrected chi connectivity index (χ1v) is 6.66. The van der Waals surface area contributed by atoms with E-state index in [1.54, 1.807) is 0 Å². The number of thiazole rings is 1. The fourth-order valence-electron chi connectivity index (χ4n) is 2.65. The van der Waals surface area contributed by atoms with E-state index in [0.717, 1.165) is 11.6 Å². The van der Waals surface area contributed by atoms with Gasteiger partial charge in [0.2, 0.25) is 0 Å². The molecular formula is C12H20N2S. The van der Waals surface area contributed by atoms with Gasteiger partial charge in [0.05, 0.1) is 5.54 Å². The van der Waals surface area contributed by atoms with Gasteiger partial charge in [0.1, 0.15) is 5.01 Å². The van der Waals surface area contributed by atoms with Gasteiger partial charge in [-0.15, -0.1) is 11.3 Å². The second-order valence-electron chi connectivity index (χ2n) is 4.83. The second kappa shape index (κ2) is 4.22. The number of aromatic nitrogens is 1. The summed E-state index contributed by atoms with van der Waals surface area (Å²) < 4.78 is 0. The Morgan fingerprint density at radius 1 is 1.60 bits per heavy atom. The van der Waals surface area contributed by atoms with Crippen molar-refractivity contribution in [1.29, 1.82) is 0 Å². The average molecular weight is 224 g/mol. The van der Waals surface area contributed by atoms with Crippen LogP contribution in [0.5, 0.6) is 0 Å². The van der Waals surface area contributed by atoms with Crippen LogP contribution in [0, 0.1) is 12.8 Å². The van der Waals surface area contributed by atoms with Gasteiger partial charge in [-0.2, -0.15) is 0 Å². The Hall–Kier alpha value is -0.410. The van der Waals surface area contributed by atoms with E-state index in [4.69, 9.17) is 0 Å². The minimum Gasteiger partial charge on any atom is -0.308 e. The molecule has 2 nitrogen and oxygen atoms in total. The molecule has 1 aromatic heterocycles. The van der Waals surface area contributed by atoms with Crippen molar-refractivity contribution in [1.82, 2.24) is 10.3 Å². The summed E-state index contributed by atoms with van der Waals surface area (Å²) in [4.78, 5) is 4.67. The number of nitrogens with one attached hydrogen (secondary N) is 1. The van der Waals surface area contributed by atoms with Crippen LogP contribution in [0.2, 0.25) is 0 Å². The van der Waals surface area contributed by atoms with Crippen molar-refractivity contribution in [3.63, 3.8) is 0 Å². The molecule has 1 aliphatic rings. The van der Waals surface area contributed by atoms with Crippen LogP contribution < -0.4 is 5.32 Å². The minimum atomic E-state index is 0.163. The van der Waals surface area contributed by atoms with Crippen LogP contribution in [0.1, 0.15) is 43.3 Å². The zero-order valence-corrected chi connectivity index (χ0v) is 10.7. The third-order valence-corrected chi connectivity index (χ3v) is 4.67. The van der Waals surface area contributed by atoms with Crippen LogP contribution >= 0.6 is 11.3 Å². The zero-order chi connectivity index (χ0) is 10.9. The summed E-state index contributed by atoms with van der Waals surface area (Å²) in [6.07, 6.45) is 5.16. The summed E-state index contributed by atoms with van der Waals surface area (Å²) in [5, 5.41) is 6.97. The molecule has 0 saturated heterocycles. The highest BCUT2D eigenvalue weighted by Gasteiger charge is 2.37. The summed E-state index contributed by atoms with van der Waals surface area (Å²) in [6.45, 7) is 4.43. The molecular weight excluding hydrogens is 204 g/mol. The van der Waals surface area contributed by atoms with Crippen LogP contribution in [0.3, 0.4) is 0 Å². The van der Waals surface area contributed by atoms with Crippen molar-refractivity contribution in [2.75, 3.05) is 7.05 Å². The van der Waals surface area contributed by atoms with Gasteiger partial charge < -0.3 is 5.32 Å². The summed E-state index contributed by atoms with van der Waals surface area (Å²) >= 11 is 1.81. The molecule has 0 aromatic carbocycles. The molecule has 2 atom stereocenters. The Labute approximate surface area is 96.1 Å². The summed E-state index contributed by atoms with van der Waals surface area (Å²) in [6, 6.07) is 0. The Morgan fingerprint density at radius 2 is 2.40 bits per heavy atom. The molecule has 0 amide bonds. The molecule has 2 unspecified atom stereocenters. The van der Waals surface area contributed by atoms with Crippen molar-refractivity contribution in [3.05, 3.63) is 16.1 Å². The summed E-state index contributed by atoms with van der Waals surface area (Å²) in [5.41, 5.74) is 1.32. The molecule has 0 aliphatic heterocycles.